The van der Waals surface area contributed by atoms with Crippen LogP contribution in [0.4, 0.5) is 8.78 Å². The first kappa shape index (κ1) is 18.4. The molecule has 4 nitrogen and oxygen atoms in total. The Morgan fingerprint density at radius 1 is 1.19 bits per heavy atom. The van der Waals surface area contributed by atoms with Crippen LogP contribution in [-0.2, 0) is 17.8 Å². The van der Waals surface area contributed by atoms with Crippen LogP contribution in [-0.4, -0.2) is 23.5 Å². The van der Waals surface area contributed by atoms with E-state index in [1.807, 2.05) is 17.0 Å². The van der Waals surface area contributed by atoms with E-state index in [2.05, 4.69) is 4.74 Å². The zero-order chi connectivity index (χ0) is 18.4. The second kappa shape index (κ2) is 8.83. The largest absolute Gasteiger partial charge is 0.467 e. The number of halogens is 2. The maximum absolute atomic E-state index is 12.8. The number of alkyl halides is 2. The van der Waals surface area contributed by atoms with Gasteiger partial charge in [-0.05, 0) is 49.1 Å². The Labute approximate surface area is 151 Å². The third kappa shape index (κ3) is 5.07. The molecular weight excluding hydrogens is 340 g/mol. The summed E-state index contributed by atoms with van der Waals surface area (Å²) in [5.74, 6) is 1.01. The summed E-state index contributed by atoms with van der Waals surface area (Å²) in [6.45, 7) is -2.33. The maximum Gasteiger partial charge on any atom is 0.387 e. The van der Waals surface area contributed by atoms with Crippen LogP contribution in [0.5, 0.6) is 5.75 Å². The molecule has 0 radical (unpaired) electrons. The van der Waals surface area contributed by atoms with Gasteiger partial charge in [0.05, 0.1) is 12.8 Å². The molecule has 1 aliphatic carbocycles. The Bertz CT molecular complexity index is 680. The van der Waals surface area contributed by atoms with Gasteiger partial charge in [-0.3, -0.25) is 4.79 Å². The first-order valence-corrected chi connectivity index (χ1v) is 8.97. The summed E-state index contributed by atoms with van der Waals surface area (Å²) in [6.07, 6.45) is 6.94. The number of aryl methyl sites for hydroxylation is 1. The van der Waals surface area contributed by atoms with E-state index >= 15 is 0 Å². The van der Waals surface area contributed by atoms with E-state index in [0.29, 0.717) is 19.4 Å². The van der Waals surface area contributed by atoms with Crippen LogP contribution in [0.15, 0.2) is 47.1 Å². The number of hydrogen-bond acceptors (Lipinski definition) is 3. The lowest BCUT2D eigenvalue weighted by molar-refractivity contribution is -0.134. The summed E-state index contributed by atoms with van der Waals surface area (Å²) >= 11 is 0. The molecule has 26 heavy (non-hydrogen) atoms. The zero-order valence-electron chi connectivity index (χ0n) is 14.6. The molecule has 1 aromatic carbocycles. The van der Waals surface area contributed by atoms with Crippen LogP contribution < -0.4 is 4.74 Å². The first-order valence-electron chi connectivity index (χ1n) is 8.97. The van der Waals surface area contributed by atoms with Gasteiger partial charge in [0.1, 0.15) is 11.5 Å². The number of furan rings is 1. The van der Waals surface area contributed by atoms with Crippen molar-refractivity contribution in [3.63, 3.8) is 0 Å². The average Bonchev–Trinajstić information content (AvgIpc) is 3.32. The van der Waals surface area contributed by atoms with Crippen molar-refractivity contribution in [1.82, 2.24) is 4.90 Å². The quantitative estimate of drug-likeness (QED) is 0.677. The Morgan fingerprint density at radius 3 is 2.54 bits per heavy atom. The predicted octanol–water partition coefficient (Wildman–Crippen LogP) is 4.79. The molecule has 1 aliphatic rings. The Hall–Kier alpha value is -2.37. The van der Waals surface area contributed by atoms with E-state index in [-0.39, 0.29) is 17.7 Å². The molecule has 1 heterocycles. The van der Waals surface area contributed by atoms with Gasteiger partial charge in [-0.1, -0.05) is 25.0 Å². The van der Waals surface area contributed by atoms with Gasteiger partial charge in [-0.15, -0.1) is 0 Å². The minimum Gasteiger partial charge on any atom is -0.467 e. The highest BCUT2D eigenvalue weighted by molar-refractivity contribution is 5.76. The van der Waals surface area contributed by atoms with Gasteiger partial charge in [-0.25, -0.2) is 0 Å². The van der Waals surface area contributed by atoms with E-state index < -0.39 is 6.61 Å². The molecule has 0 aliphatic heterocycles. The lowest BCUT2D eigenvalue weighted by atomic mass is 10.1. The van der Waals surface area contributed by atoms with Crippen molar-refractivity contribution in [2.45, 2.75) is 57.7 Å². The fourth-order valence-electron chi connectivity index (χ4n) is 3.44. The van der Waals surface area contributed by atoms with E-state index in [1.54, 1.807) is 18.4 Å². The van der Waals surface area contributed by atoms with Crippen molar-refractivity contribution in [1.29, 1.82) is 0 Å². The molecule has 1 aromatic heterocycles. The standard InChI is InChI=1S/C20H23F2NO3/c21-20(22)26-17-10-7-15(8-11-17)9-12-19(24)23(16-4-1-2-5-16)14-18-6-3-13-25-18/h3,6-8,10-11,13,16,20H,1-2,4-5,9,12,14H2. The van der Waals surface area contributed by atoms with Gasteiger partial charge < -0.3 is 14.1 Å². The Kier molecular flexibility index (Phi) is 6.26. The number of carbonyl (C=O) groups excluding carboxylic acids is 1. The Morgan fingerprint density at radius 2 is 1.92 bits per heavy atom. The first-order chi connectivity index (χ1) is 12.6. The lowest BCUT2D eigenvalue weighted by Crippen LogP contribution is -2.38. The normalized spacial score (nSPS) is 14.7. The SMILES string of the molecule is O=C(CCc1ccc(OC(F)F)cc1)N(Cc1ccco1)C1CCCC1. The number of benzene rings is 1. The monoisotopic (exact) mass is 363 g/mol. The average molecular weight is 363 g/mol. The number of nitrogens with zero attached hydrogens (tertiary/aromatic N) is 1. The topological polar surface area (TPSA) is 42.7 Å². The maximum atomic E-state index is 12.8. The summed E-state index contributed by atoms with van der Waals surface area (Å²) in [5.41, 5.74) is 0.921. The number of rotatable bonds is 8. The number of ether oxygens (including phenoxy) is 1. The molecular formula is C20H23F2NO3. The van der Waals surface area contributed by atoms with Gasteiger partial charge in [0.25, 0.3) is 0 Å². The lowest BCUT2D eigenvalue weighted by Gasteiger charge is -2.28. The van der Waals surface area contributed by atoms with Crippen molar-refractivity contribution in [2.24, 2.45) is 0 Å². The third-order valence-corrected chi connectivity index (χ3v) is 4.77. The number of carbonyl (C=O) groups is 1. The summed E-state index contributed by atoms with van der Waals surface area (Å²) in [5, 5.41) is 0. The van der Waals surface area contributed by atoms with Gasteiger partial charge in [0.2, 0.25) is 5.91 Å². The fraction of sp³-hybridized carbons (Fsp3) is 0.450. The van der Waals surface area contributed by atoms with Crippen molar-refractivity contribution >= 4 is 5.91 Å². The van der Waals surface area contributed by atoms with E-state index in [0.717, 1.165) is 37.0 Å². The van der Waals surface area contributed by atoms with Gasteiger partial charge in [0, 0.05) is 12.5 Å². The molecule has 1 amide bonds. The van der Waals surface area contributed by atoms with Crippen molar-refractivity contribution in [3.05, 3.63) is 54.0 Å². The molecule has 0 unspecified atom stereocenters. The fourth-order valence-corrected chi connectivity index (χ4v) is 3.44. The van der Waals surface area contributed by atoms with Gasteiger partial charge in [0.15, 0.2) is 0 Å². The van der Waals surface area contributed by atoms with Gasteiger partial charge >= 0.3 is 6.61 Å². The summed E-state index contributed by atoms with van der Waals surface area (Å²) in [6, 6.07) is 10.4. The van der Waals surface area contributed by atoms with E-state index in [4.69, 9.17) is 4.42 Å². The second-order valence-electron chi connectivity index (χ2n) is 6.56. The van der Waals surface area contributed by atoms with Crippen LogP contribution >= 0.6 is 0 Å². The molecule has 140 valence electrons. The van der Waals surface area contributed by atoms with Crippen LogP contribution in [0, 0.1) is 0 Å². The summed E-state index contributed by atoms with van der Waals surface area (Å²) < 4.78 is 34.1. The molecule has 0 N–H and O–H groups in total. The molecule has 0 spiro atoms. The van der Waals surface area contributed by atoms with Crippen LogP contribution in [0.2, 0.25) is 0 Å². The van der Waals surface area contributed by atoms with Crippen LogP contribution in [0.3, 0.4) is 0 Å². The molecule has 0 saturated heterocycles. The van der Waals surface area contributed by atoms with Crippen LogP contribution in [0.25, 0.3) is 0 Å². The Balaban J connectivity index is 1.58. The molecule has 1 fully saturated rings. The molecule has 3 rings (SSSR count). The van der Waals surface area contributed by atoms with Crippen molar-refractivity contribution in [2.75, 3.05) is 0 Å². The molecule has 6 heteroatoms. The molecule has 0 bridgehead atoms. The highest BCUT2D eigenvalue weighted by atomic mass is 19.3. The van der Waals surface area contributed by atoms with Crippen LogP contribution in [0.1, 0.15) is 43.4 Å². The number of amides is 1. The minimum atomic E-state index is -2.83. The molecule has 1 saturated carbocycles. The second-order valence-corrected chi connectivity index (χ2v) is 6.56. The third-order valence-electron chi connectivity index (χ3n) is 4.77. The highest BCUT2D eigenvalue weighted by Gasteiger charge is 2.27. The zero-order valence-corrected chi connectivity index (χ0v) is 14.6. The van der Waals surface area contributed by atoms with Gasteiger partial charge in [-0.2, -0.15) is 8.78 Å². The minimum absolute atomic E-state index is 0.0983. The van der Waals surface area contributed by atoms with E-state index in [9.17, 15) is 13.6 Å². The van der Waals surface area contributed by atoms with Crippen molar-refractivity contribution in [3.8, 4) is 5.75 Å². The smallest absolute Gasteiger partial charge is 0.387 e. The van der Waals surface area contributed by atoms with E-state index in [1.165, 1.54) is 12.1 Å². The predicted molar refractivity (Wildman–Crippen MR) is 92.9 cm³/mol. The molecule has 0 atom stereocenters. The molecule has 2 aromatic rings. The number of hydrogen-bond donors (Lipinski definition) is 0. The highest BCUT2D eigenvalue weighted by Crippen LogP contribution is 2.26. The summed E-state index contributed by atoms with van der Waals surface area (Å²) in [7, 11) is 0. The van der Waals surface area contributed by atoms with Crippen molar-refractivity contribution < 1.29 is 22.7 Å². The summed E-state index contributed by atoms with van der Waals surface area (Å²) in [4.78, 5) is 14.7.